The summed E-state index contributed by atoms with van der Waals surface area (Å²) >= 11 is 0. The fourth-order valence-corrected chi connectivity index (χ4v) is 5.59. The zero-order valence-electron chi connectivity index (χ0n) is 36.8. The lowest BCUT2D eigenvalue weighted by atomic mass is 10.2. The molecule has 3 N–H and O–H groups in total. The van der Waals surface area contributed by atoms with Crippen LogP contribution >= 0.6 is 7.82 Å². The van der Waals surface area contributed by atoms with Crippen LogP contribution in [-0.4, -0.2) is 65.7 Å². The number of hydrogen-bond acceptors (Lipinski definition) is 9. The number of hydrogen-bond donors (Lipinski definition) is 3. The molecule has 0 aliphatic heterocycles. The van der Waals surface area contributed by atoms with E-state index in [4.69, 9.17) is 18.5 Å². The first-order valence-corrected chi connectivity index (χ1v) is 23.3. The second-order valence-electron chi connectivity index (χ2n) is 13.6. The molecule has 10 nitrogen and oxygen atoms in total. The molecule has 0 aliphatic carbocycles. The predicted octanol–water partition coefficient (Wildman–Crippen LogP) is 11.9. The van der Waals surface area contributed by atoms with Gasteiger partial charge in [0.15, 0.2) is 0 Å². The standard InChI is InChI=1S/C50H75O10P/c1-3-5-7-9-11-13-15-17-19-21-23-25-27-29-31-33-35-37-39-41-49(53)59-47(43-51)45-57-61(55,56)58-46-48(44-52)60-50(54)42-40-38-36-34-32-30-28-26-24-22-20-18-16-14-12-10-8-6-4-2/h5-8,11-14,17-20,23-26,29-32,35-38,47-48,51-52H,3-4,9-10,15-16,21-22,27-28,33-34,39-46H2,1-2H3,(H,55,56)/b7-5-,8-6-,13-11-,14-12-,19-17-,20-18-,25-23-,26-24-,31-29-,32-30-,37-35-,38-36-. The van der Waals surface area contributed by atoms with Crippen LogP contribution < -0.4 is 0 Å². The van der Waals surface area contributed by atoms with Gasteiger partial charge in [0.2, 0.25) is 0 Å². The lowest BCUT2D eigenvalue weighted by Crippen LogP contribution is -2.28. The van der Waals surface area contributed by atoms with Crippen molar-refractivity contribution in [3.63, 3.8) is 0 Å². The molecule has 0 saturated carbocycles. The molecular formula is C50H75O10P. The van der Waals surface area contributed by atoms with Crippen molar-refractivity contribution in [3.05, 3.63) is 146 Å². The highest BCUT2D eigenvalue weighted by Gasteiger charge is 2.27. The first-order valence-electron chi connectivity index (χ1n) is 21.8. The maximum absolute atomic E-state index is 12.4. The van der Waals surface area contributed by atoms with Crippen LogP contribution in [0.25, 0.3) is 0 Å². The second kappa shape index (κ2) is 43.9. The van der Waals surface area contributed by atoms with Gasteiger partial charge in [0.1, 0.15) is 12.2 Å². The number of phosphoric acid groups is 1. The van der Waals surface area contributed by atoms with E-state index in [9.17, 15) is 29.3 Å². The Hall–Kier alpha value is -4.15. The van der Waals surface area contributed by atoms with E-state index in [0.29, 0.717) is 12.8 Å². The van der Waals surface area contributed by atoms with E-state index >= 15 is 0 Å². The van der Waals surface area contributed by atoms with Crippen molar-refractivity contribution in [1.29, 1.82) is 0 Å². The van der Waals surface area contributed by atoms with Gasteiger partial charge in [0.05, 0.1) is 26.4 Å². The number of allylic oxidation sites excluding steroid dienone is 24. The summed E-state index contributed by atoms with van der Waals surface area (Å²) in [5.74, 6) is -1.21. The third-order valence-electron chi connectivity index (χ3n) is 8.07. The fourth-order valence-electron chi connectivity index (χ4n) is 4.81. The Bertz CT molecular complexity index is 1400. The number of carbonyl (C=O) groups excluding carboxylic acids is 2. The van der Waals surface area contributed by atoms with Crippen molar-refractivity contribution in [2.75, 3.05) is 26.4 Å². The summed E-state index contributed by atoms with van der Waals surface area (Å²) in [6, 6.07) is 0. The summed E-state index contributed by atoms with van der Waals surface area (Å²) in [6.07, 6.45) is 59.9. The molecule has 2 atom stereocenters. The van der Waals surface area contributed by atoms with Gasteiger partial charge in [-0.3, -0.25) is 18.6 Å². The Labute approximate surface area is 367 Å². The molecule has 0 heterocycles. The Balaban J connectivity index is 4.16. The maximum atomic E-state index is 12.4. The highest BCUT2D eigenvalue weighted by molar-refractivity contribution is 7.47. The smallest absolute Gasteiger partial charge is 0.457 e. The number of aliphatic hydroxyl groups excluding tert-OH is 2. The third kappa shape index (κ3) is 42.3. The molecule has 0 amide bonds. The van der Waals surface area contributed by atoms with Gasteiger partial charge in [-0.2, -0.15) is 0 Å². The minimum atomic E-state index is -4.69. The lowest BCUT2D eigenvalue weighted by molar-refractivity contribution is -0.153. The molecule has 0 aromatic carbocycles. The summed E-state index contributed by atoms with van der Waals surface area (Å²) in [6.45, 7) is 1.77. The van der Waals surface area contributed by atoms with Crippen LogP contribution in [0, 0.1) is 0 Å². The number of phosphoric ester groups is 1. The van der Waals surface area contributed by atoms with E-state index in [2.05, 4.69) is 123 Å². The quantitative estimate of drug-likeness (QED) is 0.0311. The number of ether oxygens (including phenoxy) is 2. The van der Waals surface area contributed by atoms with Crippen molar-refractivity contribution in [3.8, 4) is 0 Å². The molecule has 0 spiro atoms. The zero-order valence-corrected chi connectivity index (χ0v) is 37.7. The average Bonchev–Trinajstić information content (AvgIpc) is 3.25. The lowest BCUT2D eigenvalue weighted by Gasteiger charge is -2.20. The van der Waals surface area contributed by atoms with Gasteiger partial charge in [-0.1, -0.05) is 160 Å². The molecule has 0 aromatic rings. The van der Waals surface area contributed by atoms with Crippen LogP contribution in [0.1, 0.15) is 117 Å². The number of carbonyl (C=O) groups is 2. The second-order valence-corrected chi connectivity index (χ2v) is 15.0. The summed E-state index contributed by atoms with van der Waals surface area (Å²) in [4.78, 5) is 34.5. The van der Waals surface area contributed by atoms with Gasteiger partial charge in [-0.25, -0.2) is 4.57 Å². The molecule has 0 aromatic heterocycles. The van der Waals surface area contributed by atoms with Crippen molar-refractivity contribution < 1.29 is 47.8 Å². The summed E-state index contributed by atoms with van der Waals surface area (Å²) in [7, 11) is -4.69. The van der Waals surface area contributed by atoms with Gasteiger partial charge in [0, 0.05) is 12.8 Å². The van der Waals surface area contributed by atoms with Crippen LogP contribution in [0.4, 0.5) is 0 Å². The van der Waals surface area contributed by atoms with Crippen LogP contribution in [-0.2, 0) is 32.7 Å². The monoisotopic (exact) mass is 867 g/mol. The number of aliphatic hydroxyl groups is 2. The van der Waals surface area contributed by atoms with E-state index in [1.165, 1.54) is 0 Å². The molecule has 340 valence electrons. The van der Waals surface area contributed by atoms with Crippen LogP contribution in [0.15, 0.2) is 146 Å². The fraction of sp³-hybridized carbons (Fsp3) is 0.480. The van der Waals surface area contributed by atoms with Crippen molar-refractivity contribution in [2.24, 2.45) is 0 Å². The third-order valence-corrected chi connectivity index (χ3v) is 9.02. The molecule has 0 radical (unpaired) electrons. The average molecular weight is 867 g/mol. The van der Waals surface area contributed by atoms with E-state index in [1.54, 1.807) is 0 Å². The normalized spacial score (nSPS) is 15.2. The summed E-state index contributed by atoms with van der Waals surface area (Å²) in [5, 5.41) is 19.2. The SMILES string of the molecule is CC/C=C\C/C=C\C/C=C\C/C=C\C/C=C\C/C=C\CCC(=O)OC(CO)COP(=O)(O)OCC(CO)OC(=O)CC/C=C\C/C=C\C/C=C\C/C=C\C/C=C\C/C=C\CC. The zero-order chi connectivity index (χ0) is 44.8. The van der Waals surface area contributed by atoms with Gasteiger partial charge in [0.25, 0.3) is 0 Å². The van der Waals surface area contributed by atoms with E-state index in [0.717, 1.165) is 77.0 Å². The van der Waals surface area contributed by atoms with Crippen molar-refractivity contribution in [1.82, 2.24) is 0 Å². The van der Waals surface area contributed by atoms with E-state index in [1.807, 2.05) is 36.5 Å². The molecule has 0 saturated heterocycles. The summed E-state index contributed by atoms with van der Waals surface area (Å²) < 4.78 is 32.4. The number of esters is 2. The molecule has 0 bridgehead atoms. The first kappa shape index (κ1) is 56.9. The molecule has 0 aliphatic rings. The van der Waals surface area contributed by atoms with E-state index < -0.39 is 58.4 Å². The predicted molar refractivity (Wildman–Crippen MR) is 251 cm³/mol. The summed E-state index contributed by atoms with van der Waals surface area (Å²) in [5.41, 5.74) is 0. The maximum Gasteiger partial charge on any atom is 0.472 e. The Morgan fingerprint density at radius 1 is 0.426 bits per heavy atom. The highest BCUT2D eigenvalue weighted by atomic mass is 31.2. The first-order chi connectivity index (χ1) is 29.8. The van der Waals surface area contributed by atoms with Crippen molar-refractivity contribution >= 4 is 19.8 Å². The van der Waals surface area contributed by atoms with Crippen LogP contribution in [0.2, 0.25) is 0 Å². The highest BCUT2D eigenvalue weighted by Crippen LogP contribution is 2.43. The molecule has 2 unspecified atom stereocenters. The molecule has 11 heteroatoms. The van der Waals surface area contributed by atoms with E-state index in [-0.39, 0.29) is 12.8 Å². The Morgan fingerprint density at radius 2 is 0.656 bits per heavy atom. The largest absolute Gasteiger partial charge is 0.472 e. The van der Waals surface area contributed by atoms with Gasteiger partial charge < -0.3 is 24.6 Å². The van der Waals surface area contributed by atoms with Crippen LogP contribution in [0.3, 0.4) is 0 Å². The van der Waals surface area contributed by atoms with Gasteiger partial charge in [-0.15, -0.1) is 0 Å². The van der Waals surface area contributed by atoms with Gasteiger partial charge >= 0.3 is 19.8 Å². The Kier molecular flexibility index (Phi) is 40.9. The molecule has 0 rings (SSSR count). The number of rotatable bonds is 38. The topological polar surface area (TPSA) is 149 Å². The van der Waals surface area contributed by atoms with Gasteiger partial charge in [-0.05, 0) is 89.9 Å². The molecule has 0 fully saturated rings. The minimum Gasteiger partial charge on any atom is -0.457 e. The van der Waals surface area contributed by atoms with Crippen molar-refractivity contribution in [2.45, 2.75) is 129 Å². The molecule has 61 heavy (non-hydrogen) atoms. The van der Waals surface area contributed by atoms with Crippen LogP contribution in [0.5, 0.6) is 0 Å². The minimum absolute atomic E-state index is 0.0512. The molecular weight excluding hydrogens is 792 g/mol. The Morgan fingerprint density at radius 3 is 0.885 bits per heavy atom.